The molecule has 74 heavy (non-hydrogen) atoms. The first-order chi connectivity index (χ1) is 35.6. The molecule has 18 heteroatoms. The molecule has 15 nitrogen and oxygen atoms in total. The third-order valence-corrected chi connectivity index (χ3v) is 18.3. The Morgan fingerprint density at radius 1 is 1.04 bits per heavy atom. The Morgan fingerprint density at radius 2 is 1.80 bits per heavy atom. The summed E-state index contributed by atoms with van der Waals surface area (Å²) in [6, 6.07) is 24.1. The molecule has 5 heterocycles. The number of likely N-dealkylation sites (N-methyl/N-ethyl adjacent to an activating group) is 2. The van der Waals surface area contributed by atoms with Crippen LogP contribution in [0.2, 0.25) is 5.02 Å². The summed E-state index contributed by atoms with van der Waals surface area (Å²) in [7, 11) is 4.43. The lowest BCUT2D eigenvalue weighted by Crippen LogP contribution is -2.67. The molecule has 4 unspecified atom stereocenters. The Hall–Kier alpha value is -6.24. The Labute approximate surface area is 444 Å². The van der Waals surface area contributed by atoms with Gasteiger partial charge in [-0.15, -0.1) is 11.3 Å². The summed E-state index contributed by atoms with van der Waals surface area (Å²) in [4.78, 5) is 69.4. The number of nitrogens with one attached hydrogen (secondary N) is 2. The second-order valence-electron chi connectivity index (χ2n) is 19.7. The van der Waals surface area contributed by atoms with E-state index in [9.17, 15) is 29.1 Å². The number of nitrogens with zero attached hydrogens (tertiary/aromatic N) is 4. The topological polar surface area (TPSA) is 195 Å². The number of carbonyl (C=O) groups excluding carboxylic acids is 4. The number of fused-ring (bicyclic) bond motifs is 5. The van der Waals surface area contributed by atoms with Crippen molar-refractivity contribution in [2.45, 2.75) is 94.6 Å². The van der Waals surface area contributed by atoms with Crippen molar-refractivity contribution in [2.24, 2.45) is 5.92 Å². The van der Waals surface area contributed by atoms with Crippen LogP contribution in [0.1, 0.15) is 96.9 Å². The number of rotatable bonds is 19. The lowest BCUT2D eigenvalue weighted by atomic mass is 9.63. The van der Waals surface area contributed by atoms with Crippen molar-refractivity contribution in [3.63, 3.8) is 0 Å². The van der Waals surface area contributed by atoms with E-state index in [4.69, 9.17) is 30.8 Å². The number of aldehydes is 3. The molecule has 4 aliphatic rings. The number of oxazole rings is 1. The van der Waals surface area contributed by atoms with Crippen molar-refractivity contribution in [1.29, 1.82) is 0 Å². The number of halogens is 1. The molecule has 0 saturated carbocycles. The van der Waals surface area contributed by atoms with E-state index >= 15 is 0 Å². The number of carboxylic acids is 1. The fourth-order valence-electron chi connectivity index (χ4n) is 11.2. The van der Waals surface area contributed by atoms with Crippen molar-refractivity contribution in [3.05, 3.63) is 111 Å². The van der Waals surface area contributed by atoms with Crippen LogP contribution in [-0.4, -0.2) is 114 Å². The first kappa shape index (κ1) is 54.0. The molecule has 2 aromatic heterocycles. The predicted octanol–water partition coefficient (Wildman–Crippen LogP) is 10.4. The van der Waals surface area contributed by atoms with Crippen molar-refractivity contribution in [3.8, 4) is 16.2 Å². The van der Waals surface area contributed by atoms with E-state index in [1.54, 1.807) is 7.05 Å². The van der Waals surface area contributed by atoms with Gasteiger partial charge in [-0.25, -0.2) is 9.10 Å². The molecule has 4 atom stereocenters. The van der Waals surface area contributed by atoms with Gasteiger partial charge in [0, 0.05) is 79.9 Å². The molecule has 2 fully saturated rings. The highest BCUT2D eigenvalue weighted by molar-refractivity contribution is 7.96. The number of aromatic nitrogens is 1. The van der Waals surface area contributed by atoms with E-state index in [1.165, 1.54) is 5.57 Å². The number of amides is 1. The number of hydrogen-bond acceptors (Lipinski definition) is 15. The van der Waals surface area contributed by atoms with Gasteiger partial charge in [0.05, 0.1) is 10.9 Å². The zero-order chi connectivity index (χ0) is 53.1. The molecule has 0 radical (unpaired) electrons. The lowest BCUT2D eigenvalue weighted by molar-refractivity contribution is -0.122. The molecule has 4 aromatic carbocycles. The van der Waals surface area contributed by atoms with E-state index in [2.05, 4.69) is 77.9 Å². The second kappa shape index (κ2) is 22.7. The monoisotopic (exact) mass is 1060 g/mol. The number of hydrogen-bond donors (Lipinski definition) is 4. The molecule has 0 spiro atoms. The number of carboxylic acid groups (broad SMARTS) is 1. The highest BCUT2D eigenvalue weighted by Gasteiger charge is 2.56. The summed E-state index contributed by atoms with van der Waals surface area (Å²) >= 11 is 9.55. The Kier molecular flexibility index (Phi) is 16.6. The van der Waals surface area contributed by atoms with E-state index in [0.717, 1.165) is 119 Å². The van der Waals surface area contributed by atoms with E-state index < -0.39 is 12.0 Å². The Morgan fingerprint density at radius 3 is 2.50 bits per heavy atom. The molecule has 2 bridgehead atoms. The van der Waals surface area contributed by atoms with Gasteiger partial charge in [0.1, 0.15) is 29.5 Å². The van der Waals surface area contributed by atoms with Crippen LogP contribution in [0.3, 0.4) is 0 Å². The molecular formula is C56H63ClN6O9S2. The van der Waals surface area contributed by atoms with Gasteiger partial charge in [-0.1, -0.05) is 79.0 Å². The smallest absolute Gasteiger partial charge is 0.349 e. The number of anilines is 3. The average molecular weight is 1060 g/mol. The maximum absolute atomic E-state index is 13.0. The van der Waals surface area contributed by atoms with Crippen LogP contribution in [0.4, 0.5) is 17.4 Å². The number of benzene rings is 4. The fraction of sp³-hybridized carbons (Fsp3) is 0.393. The van der Waals surface area contributed by atoms with Crippen LogP contribution in [0.15, 0.2) is 88.9 Å². The van der Waals surface area contributed by atoms with Crippen molar-refractivity contribution >= 4 is 105 Å². The van der Waals surface area contributed by atoms with Gasteiger partial charge in [-0.2, -0.15) is 4.98 Å². The van der Waals surface area contributed by atoms with Crippen LogP contribution in [0, 0.1) is 5.92 Å². The molecule has 10 rings (SSSR count). The molecule has 390 valence electrons. The molecule has 2 saturated heterocycles. The first-order valence-corrected chi connectivity index (χ1v) is 26.9. The quantitative estimate of drug-likeness (QED) is 0.0340. The third kappa shape index (κ3) is 10.3. The predicted molar refractivity (Wildman–Crippen MR) is 295 cm³/mol. The van der Waals surface area contributed by atoms with Crippen molar-refractivity contribution < 1.29 is 43.3 Å². The fourth-order valence-corrected chi connectivity index (χ4v) is 14.1. The zero-order valence-corrected chi connectivity index (χ0v) is 45.0. The van der Waals surface area contributed by atoms with Gasteiger partial charge in [0.25, 0.3) is 6.01 Å². The maximum Gasteiger partial charge on any atom is 0.349 e. The van der Waals surface area contributed by atoms with Gasteiger partial charge in [0.2, 0.25) is 5.91 Å². The van der Waals surface area contributed by atoms with Gasteiger partial charge < -0.3 is 44.6 Å². The number of aliphatic hydroxyl groups excluding tert-OH is 1. The lowest BCUT2D eigenvalue weighted by Gasteiger charge is -2.62. The highest BCUT2D eigenvalue weighted by Crippen LogP contribution is 2.55. The van der Waals surface area contributed by atoms with Gasteiger partial charge in [-0.05, 0) is 116 Å². The summed E-state index contributed by atoms with van der Waals surface area (Å²) in [5.74, 6) is -0.0733. The highest BCUT2D eigenvalue weighted by atomic mass is 35.5. The average Bonchev–Trinajstić information content (AvgIpc) is 3.99. The van der Waals surface area contributed by atoms with Crippen molar-refractivity contribution in [2.75, 3.05) is 56.0 Å². The molecule has 1 amide bonds. The number of ether oxygens (including phenoxy) is 1. The van der Waals surface area contributed by atoms with E-state index in [0.29, 0.717) is 35.1 Å². The normalized spacial score (nSPS) is 19.8. The summed E-state index contributed by atoms with van der Waals surface area (Å²) in [6.07, 6.45) is 7.87. The van der Waals surface area contributed by atoms with Crippen LogP contribution < -0.4 is 25.2 Å². The molecule has 6 aromatic rings. The number of aliphatic hydroxyl groups is 1. The van der Waals surface area contributed by atoms with Gasteiger partial charge in [-0.3, -0.25) is 14.4 Å². The molecular weight excluding hydrogens is 1000 g/mol. The summed E-state index contributed by atoms with van der Waals surface area (Å²) in [5, 5.41) is 25.3. The van der Waals surface area contributed by atoms with Gasteiger partial charge >= 0.3 is 5.97 Å². The maximum atomic E-state index is 13.0. The number of thiophene rings is 1. The van der Waals surface area contributed by atoms with E-state index in [-0.39, 0.29) is 57.6 Å². The second-order valence-corrected chi connectivity index (χ2v) is 22.0. The first-order valence-electron chi connectivity index (χ1n) is 24.7. The zero-order valence-electron chi connectivity index (χ0n) is 42.6. The Balaban J connectivity index is 0.00000360. The molecule has 3 aliphatic heterocycles. The minimum Gasteiger partial charge on any atom is -0.483 e. The van der Waals surface area contributed by atoms with Crippen LogP contribution >= 0.6 is 34.9 Å². The van der Waals surface area contributed by atoms with Crippen LogP contribution in [-0.2, 0) is 20.1 Å². The number of aromatic carboxylic acids is 1. The van der Waals surface area contributed by atoms with Crippen LogP contribution in [0.5, 0.6) is 5.75 Å². The molecule has 1 aliphatic carbocycles. The summed E-state index contributed by atoms with van der Waals surface area (Å²) < 4.78 is 14.4. The number of piperidine rings is 2. The Bertz CT molecular complexity index is 3110. The SMILES string of the molecule is CNC(=O)C(CCC=O)N(C)c1ccc(C2CCN(c3nc4cc(CSN5C(C)(C)C6=CC(C)C5(C)CC6Nc5cccc(-c6sc(C(=O)O)c(OCC=O)c6Cl)c5)ccc4o3)CC2)c2cccc(C=O)c12.CO. The standard InChI is InChI=1S/C55H59ClN6O8S2.CH4O/c1-32-26-40-42(58-37-12-7-10-35(28-37)49-47(56)48(69-25-24-64)50(72-49)52(67)68)29-55(32,4)62(54(40,2)3)71-31-33-15-18-45-41(27-33)59-53(70-45)61-21-19-34(20-22-61)38-16-17-43(46-36(30-65)11-8-13-39(38)46)60(6)44(14-9-23-63)51(66)57-5;1-2/h7-8,10-13,15-18,23-24,26-28,30,32,34,42,44,58H,9,14,19-22,25,29,31H2,1-6H3,(H,57,66)(H,67,68);2H,1H3. The largest absolute Gasteiger partial charge is 0.483 e. The minimum absolute atomic E-state index is 0.00431. The van der Waals surface area contributed by atoms with E-state index in [1.807, 2.05) is 72.4 Å². The number of carbonyl (C=O) groups is 5. The third-order valence-electron chi connectivity index (χ3n) is 15.0. The van der Waals surface area contributed by atoms with Gasteiger partial charge in [0.15, 0.2) is 28.8 Å². The van der Waals surface area contributed by atoms with Crippen LogP contribution in [0.25, 0.3) is 32.3 Å². The minimum atomic E-state index is -1.17. The van der Waals surface area contributed by atoms with Crippen molar-refractivity contribution in [1.82, 2.24) is 14.6 Å². The summed E-state index contributed by atoms with van der Waals surface area (Å²) in [5.41, 5.74) is 7.68. The molecule has 4 N–H and O–H groups in total. The summed E-state index contributed by atoms with van der Waals surface area (Å²) in [6.45, 7) is 10.4.